The van der Waals surface area contributed by atoms with Crippen molar-refractivity contribution in [1.82, 2.24) is 0 Å². The maximum atomic E-state index is 6.28. The number of ether oxygens (including phenoxy) is 1. The van der Waals surface area contributed by atoms with Gasteiger partial charge in [-0.2, -0.15) is 0 Å². The lowest BCUT2D eigenvalue weighted by Crippen LogP contribution is -2.40. The van der Waals surface area contributed by atoms with Crippen LogP contribution in [-0.4, -0.2) is 15.2 Å². The first-order chi connectivity index (χ1) is 11.7. The third kappa shape index (κ3) is 5.48. The standard InChI is InChI=1S/C20H28O3Si/c1-4-15-21-24(5-2,6-3)22-17-18-11-10-14-20(16-18)23-19-12-8-7-9-13-19/h7-14,16H,4-6,15,17H2,1-3H3. The van der Waals surface area contributed by atoms with E-state index >= 15 is 0 Å². The Hall–Kier alpha value is -1.62. The summed E-state index contributed by atoms with van der Waals surface area (Å²) in [6.07, 6.45) is 1.03. The molecule has 4 heteroatoms. The van der Waals surface area contributed by atoms with Crippen molar-refractivity contribution in [2.45, 2.75) is 45.9 Å². The van der Waals surface area contributed by atoms with Gasteiger partial charge in [0.15, 0.2) is 0 Å². The molecule has 0 heterocycles. The largest absolute Gasteiger partial charge is 0.457 e. The Morgan fingerprint density at radius 1 is 0.792 bits per heavy atom. The highest BCUT2D eigenvalue weighted by Crippen LogP contribution is 2.24. The summed E-state index contributed by atoms with van der Waals surface area (Å²) in [6.45, 7) is 7.82. The lowest BCUT2D eigenvalue weighted by atomic mass is 10.2. The van der Waals surface area contributed by atoms with E-state index in [4.69, 9.17) is 13.6 Å². The molecule has 0 radical (unpaired) electrons. The average Bonchev–Trinajstić information content (AvgIpc) is 2.64. The quantitative estimate of drug-likeness (QED) is 0.502. The van der Waals surface area contributed by atoms with E-state index in [9.17, 15) is 0 Å². The van der Waals surface area contributed by atoms with Crippen molar-refractivity contribution in [3.8, 4) is 11.5 Å². The molecular weight excluding hydrogens is 316 g/mol. The second kappa shape index (κ2) is 9.62. The zero-order valence-corrected chi connectivity index (χ0v) is 16.0. The van der Waals surface area contributed by atoms with E-state index in [1.54, 1.807) is 0 Å². The summed E-state index contributed by atoms with van der Waals surface area (Å²) in [5.74, 6) is 1.67. The summed E-state index contributed by atoms with van der Waals surface area (Å²) in [7, 11) is -2.08. The van der Waals surface area contributed by atoms with Gasteiger partial charge in [0.1, 0.15) is 11.5 Å². The molecule has 0 saturated carbocycles. The van der Waals surface area contributed by atoms with Crippen molar-refractivity contribution in [1.29, 1.82) is 0 Å². The Morgan fingerprint density at radius 3 is 2.17 bits per heavy atom. The molecule has 0 saturated heterocycles. The van der Waals surface area contributed by atoms with Gasteiger partial charge in [-0.05, 0) is 48.3 Å². The van der Waals surface area contributed by atoms with Crippen LogP contribution in [0.5, 0.6) is 11.5 Å². The number of para-hydroxylation sites is 1. The SMILES string of the molecule is CCCO[Si](CC)(CC)OCc1cccc(Oc2ccccc2)c1. The van der Waals surface area contributed by atoms with Crippen LogP contribution in [0.25, 0.3) is 0 Å². The number of hydrogen-bond donors (Lipinski definition) is 0. The second-order valence-corrected chi connectivity index (χ2v) is 9.63. The van der Waals surface area contributed by atoms with E-state index in [2.05, 4.69) is 26.8 Å². The van der Waals surface area contributed by atoms with Gasteiger partial charge >= 0.3 is 8.56 Å². The van der Waals surface area contributed by atoms with Crippen LogP contribution >= 0.6 is 0 Å². The van der Waals surface area contributed by atoms with Crippen LogP contribution in [0.1, 0.15) is 32.8 Å². The molecule has 0 spiro atoms. The molecule has 24 heavy (non-hydrogen) atoms. The molecule has 0 fully saturated rings. The van der Waals surface area contributed by atoms with Gasteiger partial charge in [0.2, 0.25) is 0 Å². The van der Waals surface area contributed by atoms with Crippen molar-refractivity contribution in [2.75, 3.05) is 6.61 Å². The highest BCUT2D eigenvalue weighted by atomic mass is 28.4. The highest BCUT2D eigenvalue weighted by Gasteiger charge is 2.33. The molecule has 0 amide bonds. The van der Waals surface area contributed by atoms with Crippen LogP contribution in [0.3, 0.4) is 0 Å². The summed E-state index contributed by atoms with van der Waals surface area (Å²) < 4.78 is 18.3. The third-order valence-electron chi connectivity index (χ3n) is 4.03. The van der Waals surface area contributed by atoms with E-state index in [0.717, 1.165) is 42.2 Å². The van der Waals surface area contributed by atoms with Crippen LogP contribution in [0.2, 0.25) is 12.1 Å². The van der Waals surface area contributed by atoms with Crippen molar-refractivity contribution < 1.29 is 13.6 Å². The van der Waals surface area contributed by atoms with Crippen LogP contribution in [-0.2, 0) is 15.5 Å². The van der Waals surface area contributed by atoms with Gasteiger partial charge in [0, 0.05) is 6.61 Å². The van der Waals surface area contributed by atoms with Crippen LogP contribution in [0, 0.1) is 0 Å². The van der Waals surface area contributed by atoms with Gasteiger partial charge < -0.3 is 13.6 Å². The fourth-order valence-electron chi connectivity index (χ4n) is 2.53. The molecule has 0 aliphatic heterocycles. The fourth-order valence-corrected chi connectivity index (χ4v) is 4.93. The molecule has 130 valence electrons. The zero-order chi connectivity index (χ0) is 17.3. The zero-order valence-electron chi connectivity index (χ0n) is 15.0. The number of benzene rings is 2. The van der Waals surface area contributed by atoms with Gasteiger partial charge in [-0.3, -0.25) is 0 Å². The Kier molecular flexibility index (Phi) is 7.50. The average molecular weight is 345 g/mol. The van der Waals surface area contributed by atoms with Crippen molar-refractivity contribution in [2.24, 2.45) is 0 Å². The van der Waals surface area contributed by atoms with E-state index in [0.29, 0.717) is 6.61 Å². The van der Waals surface area contributed by atoms with E-state index in [1.165, 1.54) is 0 Å². The molecular formula is C20H28O3Si. The molecule has 3 nitrogen and oxygen atoms in total. The topological polar surface area (TPSA) is 27.7 Å². The lowest BCUT2D eigenvalue weighted by Gasteiger charge is -2.28. The molecule has 2 aromatic rings. The monoisotopic (exact) mass is 344 g/mol. The summed E-state index contributed by atoms with van der Waals surface area (Å²) in [6, 6.07) is 19.9. The second-order valence-electron chi connectivity index (χ2n) is 5.82. The first-order valence-corrected chi connectivity index (χ1v) is 11.0. The first-order valence-electron chi connectivity index (χ1n) is 8.81. The van der Waals surface area contributed by atoms with Gasteiger partial charge in [-0.1, -0.05) is 51.1 Å². The maximum absolute atomic E-state index is 6.28. The number of hydrogen-bond acceptors (Lipinski definition) is 3. The third-order valence-corrected chi connectivity index (χ3v) is 7.58. The predicted octanol–water partition coefficient (Wildman–Crippen LogP) is 5.90. The fraction of sp³-hybridized carbons (Fsp3) is 0.400. The van der Waals surface area contributed by atoms with Gasteiger partial charge in [0.25, 0.3) is 0 Å². The maximum Gasteiger partial charge on any atom is 0.337 e. The Balaban J connectivity index is 2.00. The molecule has 0 N–H and O–H groups in total. The molecule has 2 aromatic carbocycles. The predicted molar refractivity (Wildman–Crippen MR) is 101 cm³/mol. The van der Waals surface area contributed by atoms with Gasteiger partial charge in [0.05, 0.1) is 6.61 Å². The van der Waals surface area contributed by atoms with E-state index in [1.807, 2.05) is 48.5 Å². The summed E-state index contributed by atoms with van der Waals surface area (Å²) >= 11 is 0. The van der Waals surface area contributed by atoms with Gasteiger partial charge in [-0.15, -0.1) is 0 Å². The van der Waals surface area contributed by atoms with Crippen LogP contribution in [0.4, 0.5) is 0 Å². The minimum absolute atomic E-state index is 0.573. The normalized spacial score (nSPS) is 11.5. The summed E-state index contributed by atoms with van der Waals surface area (Å²) in [5.41, 5.74) is 1.11. The first kappa shape index (κ1) is 18.7. The Bertz CT molecular complexity index is 597. The van der Waals surface area contributed by atoms with Crippen molar-refractivity contribution in [3.05, 3.63) is 60.2 Å². The van der Waals surface area contributed by atoms with E-state index < -0.39 is 8.56 Å². The summed E-state index contributed by atoms with van der Waals surface area (Å²) in [5, 5.41) is 0. The smallest absolute Gasteiger partial charge is 0.337 e. The molecule has 0 atom stereocenters. The van der Waals surface area contributed by atoms with Crippen molar-refractivity contribution >= 4 is 8.56 Å². The molecule has 2 rings (SSSR count). The Labute approximate surface area is 146 Å². The van der Waals surface area contributed by atoms with E-state index in [-0.39, 0.29) is 0 Å². The number of rotatable bonds is 10. The summed E-state index contributed by atoms with van der Waals surface area (Å²) in [4.78, 5) is 0. The molecule has 0 unspecified atom stereocenters. The van der Waals surface area contributed by atoms with Gasteiger partial charge in [-0.25, -0.2) is 0 Å². The Morgan fingerprint density at radius 2 is 1.50 bits per heavy atom. The molecule has 0 aromatic heterocycles. The lowest BCUT2D eigenvalue weighted by molar-refractivity contribution is 0.161. The van der Waals surface area contributed by atoms with Crippen molar-refractivity contribution in [3.63, 3.8) is 0 Å². The minimum Gasteiger partial charge on any atom is -0.457 e. The van der Waals surface area contributed by atoms with Crippen LogP contribution in [0.15, 0.2) is 54.6 Å². The highest BCUT2D eigenvalue weighted by molar-refractivity contribution is 6.67. The molecule has 0 aliphatic rings. The van der Waals surface area contributed by atoms with Crippen LogP contribution < -0.4 is 4.74 Å². The minimum atomic E-state index is -2.08. The molecule has 0 bridgehead atoms. The molecule has 0 aliphatic carbocycles.